The van der Waals surface area contributed by atoms with Crippen molar-refractivity contribution in [2.45, 2.75) is 39.7 Å². The third-order valence-corrected chi connectivity index (χ3v) is 2.93. The topological polar surface area (TPSA) is 75.4 Å². The summed E-state index contributed by atoms with van der Waals surface area (Å²) in [6.07, 6.45) is 0.635. The lowest BCUT2D eigenvalue weighted by atomic mass is 9.94. The molecule has 0 spiro atoms. The van der Waals surface area contributed by atoms with Crippen LogP contribution in [0.1, 0.15) is 43.1 Å². The van der Waals surface area contributed by atoms with Crippen LogP contribution in [0.25, 0.3) is 0 Å². The molecule has 1 amide bonds. The lowest BCUT2D eigenvalue weighted by Crippen LogP contribution is -2.41. The van der Waals surface area contributed by atoms with Gasteiger partial charge >= 0.3 is 0 Å². The smallest absolute Gasteiger partial charge is 0.253 e. The van der Waals surface area contributed by atoms with Crippen molar-refractivity contribution < 1.29 is 9.90 Å². The number of carbonyl (C=O) groups excluding carboxylic acids is 1. The SMILES string of the molecule is Cc1ccc(N)c(C(=O)NCC(C)(O)CC(C)C)c1. The number of aryl methyl sites for hydroxylation is 1. The van der Waals surface area contributed by atoms with Crippen LogP contribution in [-0.4, -0.2) is 23.2 Å². The van der Waals surface area contributed by atoms with Crippen LogP contribution in [0.2, 0.25) is 0 Å². The number of rotatable bonds is 5. The van der Waals surface area contributed by atoms with Gasteiger partial charge in [0.05, 0.1) is 11.2 Å². The molecule has 0 radical (unpaired) electrons. The van der Waals surface area contributed by atoms with Gasteiger partial charge in [0.2, 0.25) is 0 Å². The number of anilines is 1. The molecule has 106 valence electrons. The number of hydrogen-bond donors (Lipinski definition) is 3. The van der Waals surface area contributed by atoms with Crippen molar-refractivity contribution in [3.05, 3.63) is 29.3 Å². The normalized spacial score (nSPS) is 14.2. The minimum absolute atomic E-state index is 0.220. The first-order valence-corrected chi connectivity index (χ1v) is 6.58. The van der Waals surface area contributed by atoms with Crippen molar-refractivity contribution >= 4 is 11.6 Å². The van der Waals surface area contributed by atoms with Crippen LogP contribution in [0.15, 0.2) is 18.2 Å². The van der Waals surface area contributed by atoms with Gasteiger partial charge in [-0.25, -0.2) is 0 Å². The molecule has 1 unspecified atom stereocenters. The van der Waals surface area contributed by atoms with Gasteiger partial charge in [-0.15, -0.1) is 0 Å². The number of amides is 1. The van der Waals surface area contributed by atoms with E-state index < -0.39 is 5.60 Å². The Morgan fingerprint density at radius 1 is 1.47 bits per heavy atom. The maximum Gasteiger partial charge on any atom is 0.253 e. The van der Waals surface area contributed by atoms with Gasteiger partial charge in [0, 0.05) is 12.2 Å². The van der Waals surface area contributed by atoms with Gasteiger partial charge in [0.15, 0.2) is 0 Å². The molecule has 4 heteroatoms. The quantitative estimate of drug-likeness (QED) is 0.713. The Bertz CT molecular complexity index is 453. The minimum Gasteiger partial charge on any atom is -0.398 e. The van der Waals surface area contributed by atoms with E-state index in [1.165, 1.54) is 0 Å². The standard InChI is InChI=1S/C15H24N2O2/c1-10(2)8-15(4,19)9-17-14(18)12-7-11(3)5-6-13(12)16/h5-7,10,19H,8-9,16H2,1-4H3,(H,17,18). The third-order valence-electron chi connectivity index (χ3n) is 2.93. The predicted octanol–water partition coefficient (Wildman–Crippen LogP) is 2.10. The van der Waals surface area contributed by atoms with Crippen LogP contribution < -0.4 is 11.1 Å². The summed E-state index contributed by atoms with van der Waals surface area (Å²) in [6, 6.07) is 5.33. The highest BCUT2D eigenvalue weighted by Crippen LogP contribution is 2.17. The van der Waals surface area contributed by atoms with Crippen LogP contribution in [0, 0.1) is 12.8 Å². The van der Waals surface area contributed by atoms with E-state index >= 15 is 0 Å². The largest absolute Gasteiger partial charge is 0.398 e. The molecule has 0 aromatic heterocycles. The Hall–Kier alpha value is -1.55. The summed E-state index contributed by atoms with van der Waals surface area (Å²) >= 11 is 0. The first-order valence-electron chi connectivity index (χ1n) is 6.58. The third kappa shape index (κ3) is 4.91. The van der Waals surface area contributed by atoms with Gasteiger partial charge in [-0.2, -0.15) is 0 Å². The highest BCUT2D eigenvalue weighted by atomic mass is 16.3. The van der Waals surface area contributed by atoms with E-state index in [9.17, 15) is 9.90 Å². The van der Waals surface area contributed by atoms with Crippen molar-refractivity contribution in [2.75, 3.05) is 12.3 Å². The highest BCUT2D eigenvalue weighted by Gasteiger charge is 2.23. The van der Waals surface area contributed by atoms with Crippen LogP contribution in [0.5, 0.6) is 0 Å². The van der Waals surface area contributed by atoms with E-state index in [4.69, 9.17) is 5.73 Å². The number of hydrogen-bond acceptors (Lipinski definition) is 3. The number of aliphatic hydroxyl groups is 1. The fourth-order valence-electron chi connectivity index (χ4n) is 2.18. The summed E-state index contributed by atoms with van der Waals surface area (Å²) in [4.78, 5) is 12.0. The Labute approximate surface area is 115 Å². The zero-order valence-electron chi connectivity index (χ0n) is 12.2. The monoisotopic (exact) mass is 264 g/mol. The molecule has 1 aromatic rings. The average Bonchev–Trinajstić information content (AvgIpc) is 2.27. The molecule has 0 aliphatic carbocycles. The lowest BCUT2D eigenvalue weighted by Gasteiger charge is -2.25. The second kappa shape index (κ2) is 6.06. The Balaban J connectivity index is 2.68. The van der Waals surface area contributed by atoms with Gasteiger partial charge < -0.3 is 16.2 Å². The number of nitrogens with two attached hydrogens (primary N) is 1. The molecular formula is C15H24N2O2. The van der Waals surface area contributed by atoms with Gasteiger partial charge in [-0.3, -0.25) is 4.79 Å². The minimum atomic E-state index is -0.900. The molecule has 0 fully saturated rings. The molecule has 1 atom stereocenters. The van der Waals surface area contributed by atoms with Crippen LogP contribution in [0.3, 0.4) is 0 Å². The Morgan fingerprint density at radius 3 is 2.68 bits per heavy atom. The van der Waals surface area contributed by atoms with E-state index in [0.717, 1.165) is 5.56 Å². The first kappa shape index (κ1) is 15.5. The van der Waals surface area contributed by atoms with Gasteiger partial charge in [-0.1, -0.05) is 25.5 Å². The lowest BCUT2D eigenvalue weighted by molar-refractivity contribution is 0.0368. The van der Waals surface area contributed by atoms with Crippen molar-refractivity contribution in [1.82, 2.24) is 5.32 Å². The molecule has 4 nitrogen and oxygen atoms in total. The van der Waals surface area contributed by atoms with Crippen molar-refractivity contribution in [3.63, 3.8) is 0 Å². The average molecular weight is 264 g/mol. The molecule has 0 saturated heterocycles. The van der Waals surface area contributed by atoms with Crippen LogP contribution in [-0.2, 0) is 0 Å². The van der Waals surface area contributed by atoms with Gasteiger partial charge in [0.1, 0.15) is 0 Å². The first-order chi connectivity index (χ1) is 8.71. The molecule has 19 heavy (non-hydrogen) atoms. The van der Waals surface area contributed by atoms with E-state index in [1.807, 2.05) is 26.8 Å². The highest BCUT2D eigenvalue weighted by molar-refractivity contribution is 5.99. The molecule has 0 bridgehead atoms. The van der Waals surface area contributed by atoms with Crippen molar-refractivity contribution in [2.24, 2.45) is 5.92 Å². The predicted molar refractivity (Wildman–Crippen MR) is 78.0 cm³/mol. The van der Waals surface area contributed by atoms with E-state index in [1.54, 1.807) is 19.1 Å². The zero-order valence-corrected chi connectivity index (χ0v) is 12.2. The van der Waals surface area contributed by atoms with E-state index in [2.05, 4.69) is 5.32 Å². The van der Waals surface area contributed by atoms with Crippen molar-refractivity contribution in [3.8, 4) is 0 Å². The van der Waals surface area contributed by atoms with Crippen LogP contribution in [0.4, 0.5) is 5.69 Å². The molecule has 0 saturated carbocycles. The molecule has 0 aliphatic rings. The summed E-state index contributed by atoms with van der Waals surface area (Å²) in [5.41, 5.74) is 6.78. The summed E-state index contributed by atoms with van der Waals surface area (Å²) in [5.74, 6) is 0.126. The molecule has 0 aliphatic heterocycles. The molecule has 1 rings (SSSR count). The van der Waals surface area contributed by atoms with Crippen LogP contribution >= 0.6 is 0 Å². The summed E-state index contributed by atoms with van der Waals surface area (Å²) in [5, 5.41) is 12.9. The Kier molecular flexibility index (Phi) is 4.95. The maximum absolute atomic E-state index is 12.0. The van der Waals surface area contributed by atoms with Gasteiger partial charge in [-0.05, 0) is 38.3 Å². The molecule has 1 aromatic carbocycles. The Morgan fingerprint density at radius 2 is 2.11 bits per heavy atom. The number of benzene rings is 1. The number of carbonyl (C=O) groups is 1. The van der Waals surface area contributed by atoms with Gasteiger partial charge in [0.25, 0.3) is 5.91 Å². The summed E-state index contributed by atoms with van der Waals surface area (Å²) in [6.45, 7) is 7.93. The van der Waals surface area contributed by atoms with E-state index in [0.29, 0.717) is 23.6 Å². The molecule has 4 N–H and O–H groups in total. The second-order valence-electron chi connectivity index (χ2n) is 5.87. The fourth-order valence-corrected chi connectivity index (χ4v) is 2.18. The molecular weight excluding hydrogens is 240 g/mol. The fraction of sp³-hybridized carbons (Fsp3) is 0.533. The molecule has 0 heterocycles. The number of nitrogens with one attached hydrogen (secondary N) is 1. The van der Waals surface area contributed by atoms with Crippen molar-refractivity contribution in [1.29, 1.82) is 0 Å². The van der Waals surface area contributed by atoms with E-state index in [-0.39, 0.29) is 12.5 Å². The summed E-state index contributed by atoms with van der Waals surface area (Å²) < 4.78 is 0. The zero-order chi connectivity index (χ0) is 14.6. The second-order valence-corrected chi connectivity index (χ2v) is 5.87. The summed E-state index contributed by atoms with van der Waals surface area (Å²) in [7, 11) is 0. The number of nitrogen functional groups attached to an aromatic ring is 1. The maximum atomic E-state index is 12.0.